The van der Waals surface area contributed by atoms with Gasteiger partial charge in [-0.3, -0.25) is 4.98 Å². The van der Waals surface area contributed by atoms with E-state index in [-0.39, 0.29) is 16.5 Å². The van der Waals surface area contributed by atoms with Crippen LogP contribution in [0, 0.1) is 0 Å². The molecular formula is C5H5ClN2O. The van der Waals surface area contributed by atoms with Gasteiger partial charge in [0.25, 0.3) is 0 Å². The van der Waals surface area contributed by atoms with Crippen molar-refractivity contribution in [3.05, 3.63) is 17.4 Å². The molecule has 1 aromatic rings. The van der Waals surface area contributed by atoms with Gasteiger partial charge in [-0.2, -0.15) is 0 Å². The Morgan fingerprint density at radius 2 is 2.22 bits per heavy atom. The molecule has 0 fully saturated rings. The number of aromatic hydroxyl groups is 1. The minimum atomic E-state index is -0.0810. The van der Waals surface area contributed by atoms with Crippen molar-refractivity contribution in [1.82, 2.24) is 4.98 Å². The fourth-order valence-electron chi connectivity index (χ4n) is 0.435. The summed E-state index contributed by atoms with van der Waals surface area (Å²) in [6, 6.07) is 0. The number of nitrogens with two attached hydrogens (primary N) is 1. The zero-order valence-electron chi connectivity index (χ0n) is 4.50. The molecule has 0 aliphatic heterocycles. The number of hydrogen-bond donors (Lipinski definition) is 2. The van der Waals surface area contributed by atoms with Crippen LogP contribution in [0.25, 0.3) is 0 Å². The Balaban J connectivity index is 3.25. The summed E-state index contributed by atoms with van der Waals surface area (Å²) in [6.07, 6.45) is 2.61. The van der Waals surface area contributed by atoms with Crippen molar-refractivity contribution in [2.45, 2.75) is 0 Å². The van der Waals surface area contributed by atoms with Crippen LogP contribution >= 0.6 is 11.6 Å². The highest BCUT2D eigenvalue weighted by Crippen LogP contribution is 2.25. The van der Waals surface area contributed by atoms with E-state index in [2.05, 4.69) is 4.98 Å². The summed E-state index contributed by atoms with van der Waals surface area (Å²) in [5, 5.41) is 9.10. The normalized spacial score (nSPS) is 9.44. The van der Waals surface area contributed by atoms with Crippen LogP contribution in [0.2, 0.25) is 5.02 Å². The largest absolute Gasteiger partial charge is 0.504 e. The maximum Gasteiger partial charge on any atom is 0.158 e. The summed E-state index contributed by atoms with van der Waals surface area (Å²) >= 11 is 5.47. The van der Waals surface area contributed by atoms with Gasteiger partial charge in [0.2, 0.25) is 0 Å². The van der Waals surface area contributed by atoms with Gasteiger partial charge in [-0.05, 0) is 0 Å². The molecule has 1 heterocycles. The second kappa shape index (κ2) is 2.11. The summed E-state index contributed by atoms with van der Waals surface area (Å²) in [4.78, 5) is 3.58. The van der Waals surface area contributed by atoms with E-state index in [4.69, 9.17) is 22.4 Å². The second-order valence-electron chi connectivity index (χ2n) is 1.55. The topological polar surface area (TPSA) is 59.1 Å². The fraction of sp³-hybridized carbons (Fsp3) is 0. The van der Waals surface area contributed by atoms with Crippen molar-refractivity contribution in [2.24, 2.45) is 0 Å². The molecule has 0 radical (unpaired) electrons. The fourth-order valence-corrected chi connectivity index (χ4v) is 0.588. The number of hydrogen-bond acceptors (Lipinski definition) is 3. The van der Waals surface area contributed by atoms with E-state index in [1.165, 1.54) is 12.4 Å². The average Bonchev–Trinajstić information content (AvgIpc) is 1.83. The van der Waals surface area contributed by atoms with E-state index < -0.39 is 0 Å². The molecule has 0 unspecified atom stereocenters. The van der Waals surface area contributed by atoms with E-state index in [0.717, 1.165) is 0 Å². The molecule has 0 aromatic carbocycles. The van der Waals surface area contributed by atoms with Crippen LogP contribution in [0.1, 0.15) is 0 Å². The third kappa shape index (κ3) is 1.05. The maximum atomic E-state index is 8.83. The Labute approximate surface area is 57.1 Å². The standard InChI is InChI=1S/C5H5ClN2O/c6-3-1-8-2-4(9)5(3)7/h1-2,9H,(H2,7,8). The molecule has 0 bridgehead atoms. The van der Waals surface area contributed by atoms with E-state index in [1.54, 1.807) is 0 Å². The predicted molar refractivity (Wildman–Crippen MR) is 35.3 cm³/mol. The van der Waals surface area contributed by atoms with Crippen LogP contribution in [0.5, 0.6) is 5.75 Å². The third-order valence-electron chi connectivity index (χ3n) is 0.918. The summed E-state index contributed by atoms with van der Waals surface area (Å²) in [5.74, 6) is -0.0810. The Morgan fingerprint density at radius 3 is 2.67 bits per heavy atom. The maximum absolute atomic E-state index is 8.83. The lowest BCUT2D eigenvalue weighted by molar-refractivity contribution is 0.475. The zero-order valence-corrected chi connectivity index (χ0v) is 5.26. The highest BCUT2D eigenvalue weighted by atomic mass is 35.5. The van der Waals surface area contributed by atoms with Gasteiger partial charge in [0.15, 0.2) is 5.75 Å². The van der Waals surface area contributed by atoms with Gasteiger partial charge in [0.05, 0.1) is 16.9 Å². The molecular weight excluding hydrogens is 140 g/mol. The molecule has 3 N–H and O–H groups in total. The van der Waals surface area contributed by atoms with Crippen molar-refractivity contribution >= 4 is 17.3 Å². The summed E-state index contributed by atoms with van der Waals surface area (Å²) in [7, 11) is 0. The Bertz CT molecular complexity index is 206. The lowest BCUT2D eigenvalue weighted by atomic mass is 10.4. The number of nitrogen functional groups attached to an aromatic ring is 1. The van der Waals surface area contributed by atoms with Crippen molar-refractivity contribution in [2.75, 3.05) is 5.73 Å². The molecule has 1 rings (SSSR count). The molecule has 1 aromatic heterocycles. The molecule has 0 spiro atoms. The Hall–Kier alpha value is -0.960. The van der Waals surface area contributed by atoms with Gasteiger partial charge in [-0.25, -0.2) is 0 Å². The average molecular weight is 145 g/mol. The van der Waals surface area contributed by atoms with Gasteiger partial charge >= 0.3 is 0 Å². The molecule has 0 saturated heterocycles. The van der Waals surface area contributed by atoms with Crippen molar-refractivity contribution in [3.8, 4) is 5.75 Å². The molecule has 3 nitrogen and oxygen atoms in total. The van der Waals surface area contributed by atoms with Gasteiger partial charge in [0.1, 0.15) is 0 Å². The second-order valence-corrected chi connectivity index (χ2v) is 1.96. The molecule has 4 heteroatoms. The van der Waals surface area contributed by atoms with E-state index in [1.807, 2.05) is 0 Å². The first-order chi connectivity index (χ1) is 4.22. The van der Waals surface area contributed by atoms with Crippen molar-refractivity contribution < 1.29 is 5.11 Å². The number of rotatable bonds is 0. The SMILES string of the molecule is Nc1c(O)cncc1Cl. The van der Waals surface area contributed by atoms with Crippen molar-refractivity contribution in [1.29, 1.82) is 0 Å². The molecule has 0 aliphatic rings. The Morgan fingerprint density at radius 1 is 1.56 bits per heavy atom. The third-order valence-corrected chi connectivity index (χ3v) is 1.22. The molecule has 0 aliphatic carbocycles. The highest BCUT2D eigenvalue weighted by molar-refractivity contribution is 6.33. The lowest BCUT2D eigenvalue weighted by Gasteiger charge is -1.96. The van der Waals surface area contributed by atoms with Crippen LogP contribution in [0.15, 0.2) is 12.4 Å². The quantitative estimate of drug-likeness (QED) is 0.572. The van der Waals surface area contributed by atoms with Crippen molar-refractivity contribution in [3.63, 3.8) is 0 Å². The minimum absolute atomic E-state index is 0.0810. The first kappa shape index (κ1) is 6.16. The smallest absolute Gasteiger partial charge is 0.158 e. The van der Waals surface area contributed by atoms with Gasteiger partial charge in [0, 0.05) is 6.20 Å². The number of nitrogens with zero attached hydrogens (tertiary/aromatic N) is 1. The number of halogens is 1. The van der Waals surface area contributed by atoms with Gasteiger partial charge in [-0.15, -0.1) is 0 Å². The van der Waals surface area contributed by atoms with Gasteiger partial charge in [-0.1, -0.05) is 11.6 Å². The van der Waals surface area contributed by atoms with Crippen LogP contribution < -0.4 is 5.73 Å². The summed E-state index contributed by atoms with van der Waals surface area (Å²) in [5.41, 5.74) is 5.43. The molecule has 0 saturated carbocycles. The first-order valence-electron chi connectivity index (χ1n) is 2.30. The molecule has 0 amide bonds. The van der Waals surface area contributed by atoms with E-state index in [0.29, 0.717) is 0 Å². The zero-order chi connectivity index (χ0) is 6.85. The molecule has 48 valence electrons. The monoisotopic (exact) mass is 144 g/mol. The number of anilines is 1. The lowest BCUT2D eigenvalue weighted by Crippen LogP contribution is -1.87. The van der Waals surface area contributed by atoms with E-state index in [9.17, 15) is 0 Å². The van der Waals surface area contributed by atoms with E-state index >= 15 is 0 Å². The molecule has 0 atom stereocenters. The number of pyridine rings is 1. The number of aromatic nitrogens is 1. The minimum Gasteiger partial charge on any atom is -0.504 e. The highest BCUT2D eigenvalue weighted by Gasteiger charge is 1.98. The van der Waals surface area contributed by atoms with Crippen LogP contribution in [0.4, 0.5) is 5.69 Å². The van der Waals surface area contributed by atoms with Gasteiger partial charge < -0.3 is 10.8 Å². The van der Waals surface area contributed by atoms with Crippen LogP contribution in [0.3, 0.4) is 0 Å². The Kier molecular flexibility index (Phi) is 1.44. The predicted octanol–water partition coefficient (Wildman–Crippen LogP) is 1.02. The van der Waals surface area contributed by atoms with Crippen LogP contribution in [-0.2, 0) is 0 Å². The van der Waals surface area contributed by atoms with Crippen LogP contribution in [-0.4, -0.2) is 10.1 Å². The first-order valence-corrected chi connectivity index (χ1v) is 2.67. The molecule has 9 heavy (non-hydrogen) atoms. The summed E-state index contributed by atoms with van der Waals surface area (Å²) in [6.45, 7) is 0. The summed E-state index contributed by atoms with van der Waals surface area (Å²) < 4.78 is 0.